The lowest BCUT2D eigenvalue weighted by Gasteiger charge is -2.17. The highest BCUT2D eigenvalue weighted by molar-refractivity contribution is 5.77. The first kappa shape index (κ1) is 21.1. The summed E-state index contributed by atoms with van der Waals surface area (Å²) in [5, 5.41) is 9.26. The topological polar surface area (TPSA) is 108 Å². The number of hydrogen-bond acceptors (Lipinski definition) is 7. The number of fused-ring (bicyclic) bond motifs is 1. The molecule has 3 N–H and O–H groups in total. The van der Waals surface area contributed by atoms with Gasteiger partial charge in [0, 0.05) is 5.92 Å². The summed E-state index contributed by atoms with van der Waals surface area (Å²) in [6.07, 6.45) is 2.06. The first-order valence-electron chi connectivity index (χ1n) is 9.03. The average Bonchev–Trinajstić information content (AvgIpc) is 3.21. The van der Waals surface area contributed by atoms with Gasteiger partial charge < -0.3 is 20.3 Å². The standard InChI is InChI=1S/C13H19N5O3.2C2H6/c1-3-20-11-9-10(16-13(14)17-11)18(6-15-9)12-7(2)4-8(5-19)21-12;2*1-2/h6-8,12,19H,3-5H2,1-2H3,(H2,14,16,17);2*1-2H3. The molecule has 0 bridgehead atoms. The van der Waals surface area contributed by atoms with Gasteiger partial charge in [-0.15, -0.1) is 0 Å². The van der Waals surface area contributed by atoms with Gasteiger partial charge in [-0.2, -0.15) is 9.97 Å². The normalized spacial score (nSPS) is 22.0. The number of anilines is 1. The van der Waals surface area contributed by atoms with Gasteiger partial charge in [-0.1, -0.05) is 34.6 Å². The second-order valence-electron chi connectivity index (χ2n) is 5.19. The van der Waals surface area contributed by atoms with Gasteiger partial charge >= 0.3 is 0 Å². The van der Waals surface area contributed by atoms with E-state index in [1.165, 1.54) is 0 Å². The minimum absolute atomic E-state index is 0.00872. The molecule has 3 heterocycles. The molecule has 0 spiro atoms. The Balaban J connectivity index is 0.000000730. The molecule has 1 saturated heterocycles. The van der Waals surface area contributed by atoms with Crippen LogP contribution in [-0.4, -0.2) is 43.9 Å². The van der Waals surface area contributed by atoms with Gasteiger partial charge in [-0.05, 0) is 13.3 Å². The predicted octanol–water partition coefficient (Wildman–Crippen LogP) is 2.78. The summed E-state index contributed by atoms with van der Waals surface area (Å²) in [4.78, 5) is 12.6. The van der Waals surface area contributed by atoms with E-state index in [0.717, 1.165) is 6.42 Å². The smallest absolute Gasteiger partial charge is 0.247 e. The van der Waals surface area contributed by atoms with Crippen LogP contribution in [0.2, 0.25) is 0 Å². The molecule has 25 heavy (non-hydrogen) atoms. The van der Waals surface area contributed by atoms with Gasteiger partial charge in [0.15, 0.2) is 11.2 Å². The molecule has 1 aliphatic rings. The van der Waals surface area contributed by atoms with E-state index >= 15 is 0 Å². The first-order chi connectivity index (χ1) is 12.1. The molecule has 0 aliphatic carbocycles. The number of ether oxygens (including phenoxy) is 2. The van der Waals surface area contributed by atoms with E-state index in [1.54, 1.807) is 6.33 Å². The van der Waals surface area contributed by atoms with Gasteiger partial charge in [0.2, 0.25) is 11.8 Å². The van der Waals surface area contributed by atoms with E-state index in [4.69, 9.17) is 15.2 Å². The zero-order chi connectivity index (χ0) is 19.0. The van der Waals surface area contributed by atoms with Gasteiger partial charge in [-0.3, -0.25) is 4.57 Å². The SMILES string of the molecule is CC.CC.CCOc1nc(N)nc2c1ncn2C1OC(CO)CC1C. The Morgan fingerprint density at radius 2 is 2.00 bits per heavy atom. The first-order valence-corrected chi connectivity index (χ1v) is 9.03. The highest BCUT2D eigenvalue weighted by atomic mass is 16.5. The third-order valence-corrected chi connectivity index (χ3v) is 3.62. The Morgan fingerprint density at radius 3 is 2.56 bits per heavy atom. The van der Waals surface area contributed by atoms with Gasteiger partial charge in [-0.25, -0.2) is 4.98 Å². The molecule has 8 nitrogen and oxygen atoms in total. The highest BCUT2D eigenvalue weighted by Gasteiger charge is 2.34. The molecule has 0 amide bonds. The molecule has 2 aromatic heterocycles. The third-order valence-electron chi connectivity index (χ3n) is 3.62. The second kappa shape index (κ2) is 10.1. The summed E-state index contributed by atoms with van der Waals surface area (Å²) in [6, 6.07) is 0. The Kier molecular flexibility index (Phi) is 8.57. The third kappa shape index (κ3) is 4.58. The maximum absolute atomic E-state index is 9.26. The molecule has 142 valence electrons. The number of hydrogen-bond donors (Lipinski definition) is 2. The number of aliphatic hydroxyl groups excluding tert-OH is 1. The minimum atomic E-state index is -0.226. The van der Waals surface area contributed by atoms with Crippen LogP contribution in [0.1, 0.15) is 54.2 Å². The number of imidazole rings is 1. The molecule has 1 fully saturated rings. The van der Waals surface area contributed by atoms with Gasteiger partial charge in [0.05, 0.1) is 25.6 Å². The fourth-order valence-electron chi connectivity index (χ4n) is 2.71. The molecule has 3 unspecified atom stereocenters. The van der Waals surface area contributed by atoms with Crippen molar-refractivity contribution >= 4 is 17.1 Å². The van der Waals surface area contributed by atoms with Crippen molar-refractivity contribution in [3.8, 4) is 5.88 Å². The Labute approximate surface area is 149 Å². The molecule has 3 rings (SSSR count). The lowest BCUT2D eigenvalue weighted by Crippen LogP contribution is -2.15. The molecule has 0 radical (unpaired) electrons. The van der Waals surface area contributed by atoms with E-state index in [2.05, 4.69) is 21.9 Å². The highest BCUT2D eigenvalue weighted by Crippen LogP contribution is 2.36. The number of aliphatic hydroxyl groups is 1. The molecule has 0 saturated carbocycles. The molecule has 3 atom stereocenters. The van der Waals surface area contributed by atoms with Crippen molar-refractivity contribution in [2.75, 3.05) is 18.9 Å². The lowest BCUT2D eigenvalue weighted by molar-refractivity contribution is -0.0294. The molecule has 0 aromatic carbocycles. The lowest BCUT2D eigenvalue weighted by atomic mass is 10.1. The summed E-state index contributed by atoms with van der Waals surface area (Å²) < 4.78 is 13.1. The Hall–Kier alpha value is -1.93. The maximum atomic E-state index is 9.26. The molecular formula is C17H31N5O3. The van der Waals surface area contributed by atoms with Crippen molar-refractivity contribution in [2.24, 2.45) is 5.92 Å². The second-order valence-corrected chi connectivity index (χ2v) is 5.19. The monoisotopic (exact) mass is 353 g/mol. The molecule has 8 heteroatoms. The van der Waals surface area contributed by atoms with Crippen LogP contribution in [-0.2, 0) is 4.74 Å². The summed E-state index contributed by atoms with van der Waals surface area (Å²) in [6.45, 7) is 12.4. The summed E-state index contributed by atoms with van der Waals surface area (Å²) in [5.74, 6) is 0.756. The predicted molar refractivity (Wildman–Crippen MR) is 98.4 cm³/mol. The molecule has 2 aromatic rings. The van der Waals surface area contributed by atoms with Crippen LogP contribution in [0.5, 0.6) is 5.88 Å². The van der Waals surface area contributed by atoms with E-state index in [-0.39, 0.29) is 30.8 Å². The molecular weight excluding hydrogens is 322 g/mol. The summed E-state index contributed by atoms with van der Waals surface area (Å²) in [5.41, 5.74) is 6.89. The van der Waals surface area contributed by atoms with Crippen LogP contribution in [0.3, 0.4) is 0 Å². The zero-order valence-corrected chi connectivity index (χ0v) is 16.1. The van der Waals surface area contributed by atoms with Crippen LogP contribution in [0.25, 0.3) is 11.2 Å². The van der Waals surface area contributed by atoms with E-state index in [9.17, 15) is 5.11 Å². The quantitative estimate of drug-likeness (QED) is 0.870. The van der Waals surface area contributed by atoms with Crippen molar-refractivity contribution in [3.63, 3.8) is 0 Å². The largest absolute Gasteiger partial charge is 0.476 e. The van der Waals surface area contributed by atoms with Crippen molar-refractivity contribution in [1.82, 2.24) is 19.5 Å². The average molecular weight is 353 g/mol. The van der Waals surface area contributed by atoms with Crippen LogP contribution in [0, 0.1) is 5.92 Å². The molecule has 1 aliphatic heterocycles. The van der Waals surface area contributed by atoms with Crippen molar-refractivity contribution in [1.29, 1.82) is 0 Å². The van der Waals surface area contributed by atoms with Crippen LogP contribution < -0.4 is 10.5 Å². The van der Waals surface area contributed by atoms with E-state index in [1.807, 2.05) is 39.2 Å². The Bertz CT molecular complexity index is 646. The van der Waals surface area contributed by atoms with Crippen molar-refractivity contribution < 1.29 is 14.6 Å². The van der Waals surface area contributed by atoms with Crippen LogP contribution in [0.15, 0.2) is 6.33 Å². The Morgan fingerprint density at radius 1 is 1.32 bits per heavy atom. The van der Waals surface area contributed by atoms with Crippen molar-refractivity contribution in [2.45, 2.75) is 60.3 Å². The number of aromatic nitrogens is 4. The number of nitrogens with zero attached hydrogens (tertiary/aromatic N) is 4. The van der Waals surface area contributed by atoms with Crippen LogP contribution >= 0.6 is 0 Å². The summed E-state index contributed by atoms with van der Waals surface area (Å²) in [7, 11) is 0. The minimum Gasteiger partial charge on any atom is -0.476 e. The fraction of sp³-hybridized carbons (Fsp3) is 0.706. The van der Waals surface area contributed by atoms with E-state index < -0.39 is 0 Å². The fourth-order valence-corrected chi connectivity index (χ4v) is 2.71. The number of nitrogens with two attached hydrogens (primary N) is 1. The number of nitrogen functional groups attached to an aromatic ring is 1. The maximum Gasteiger partial charge on any atom is 0.247 e. The summed E-state index contributed by atoms with van der Waals surface area (Å²) >= 11 is 0. The van der Waals surface area contributed by atoms with Gasteiger partial charge in [0.25, 0.3) is 0 Å². The van der Waals surface area contributed by atoms with Crippen molar-refractivity contribution in [3.05, 3.63) is 6.33 Å². The van der Waals surface area contributed by atoms with E-state index in [0.29, 0.717) is 23.7 Å². The van der Waals surface area contributed by atoms with Crippen LogP contribution in [0.4, 0.5) is 5.95 Å². The zero-order valence-electron chi connectivity index (χ0n) is 16.1. The number of rotatable bonds is 4. The van der Waals surface area contributed by atoms with Gasteiger partial charge in [0.1, 0.15) is 6.23 Å².